The fourth-order valence-corrected chi connectivity index (χ4v) is 7.52. The molecule has 10 rings (SSSR count). The van der Waals surface area contributed by atoms with E-state index in [0.29, 0.717) is 0 Å². The molecular formula is C54H39N3. The van der Waals surface area contributed by atoms with Gasteiger partial charge < -0.3 is 14.4 Å². The van der Waals surface area contributed by atoms with Crippen molar-refractivity contribution in [2.75, 3.05) is 9.80 Å². The van der Waals surface area contributed by atoms with Gasteiger partial charge in [0.1, 0.15) is 0 Å². The summed E-state index contributed by atoms with van der Waals surface area (Å²) in [6.45, 7) is 0. The molecule has 0 radical (unpaired) electrons. The number of benzene rings is 9. The topological polar surface area (TPSA) is 11.4 Å². The average molecular weight is 740 g/mol. The number of para-hydroxylation sites is 5. The summed E-state index contributed by atoms with van der Waals surface area (Å²) >= 11 is 0. The van der Waals surface area contributed by atoms with Crippen LogP contribution in [-0.2, 0) is 0 Å². The van der Waals surface area contributed by atoms with Crippen LogP contribution in [0.15, 0.2) is 236 Å². The van der Waals surface area contributed by atoms with Gasteiger partial charge in [0.25, 0.3) is 0 Å². The average Bonchev–Trinajstić information content (AvgIpc) is 3.70. The molecular weight excluding hydrogens is 691 g/mol. The number of anilines is 6. The Balaban J connectivity index is 0.990. The molecule has 9 aromatic carbocycles. The van der Waals surface area contributed by atoms with E-state index >= 15 is 0 Å². The molecule has 0 amide bonds. The molecule has 0 saturated carbocycles. The van der Waals surface area contributed by atoms with E-state index in [2.05, 4.69) is 107 Å². The van der Waals surface area contributed by atoms with E-state index in [1.54, 1.807) is 24.3 Å². The first kappa shape index (κ1) is 24.7. The number of rotatable bonds is 9. The largest absolute Gasteiger partial charge is 0.311 e. The third-order valence-electron chi connectivity index (χ3n) is 10.2. The van der Waals surface area contributed by atoms with Gasteiger partial charge in [-0.1, -0.05) is 133 Å². The van der Waals surface area contributed by atoms with E-state index in [-0.39, 0.29) is 17.1 Å². The molecule has 0 bridgehead atoms. The first-order valence-corrected chi connectivity index (χ1v) is 18.6. The summed E-state index contributed by atoms with van der Waals surface area (Å²) in [5, 5.41) is 2.24. The molecule has 0 saturated heterocycles. The molecule has 3 nitrogen and oxygen atoms in total. The highest BCUT2D eigenvalue weighted by atomic mass is 15.1. The van der Waals surface area contributed by atoms with Gasteiger partial charge >= 0.3 is 0 Å². The maximum atomic E-state index is 8.76. The molecule has 3 heteroatoms. The van der Waals surface area contributed by atoms with Crippen LogP contribution in [0, 0.1) is 0 Å². The van der Waals surface area contributed by atoms with Crippen molar-refractivity contribution in [3.8, 4) is 27.9 Å². The van der Waals surface area contributed by atoms with Crippen LogP contribution >= 0.6 is 0 Å². The fourth-order valence-electron chi connectivity index (χ4n) is 7.52. The van der Waals surface area contributed by atoms with E-state index in [4.69, 9.17) is 13.7 Å². The molecule has 0 aliphatic carbocycles. The van der Waals surface area contributed by atoms with Gasteiger partial charge in [-0.3, -0.25) is 0 Å². The summed E-state index contributed by atoms with van der Waals surface area (Å²) in [5.74, 6) is 0. The van der Waals surface area contributed by atoms with Gasteiger partial charge in [-0.2, -0.15) is 0 Å². The minimum atomic E-state index is -0.617. The van der Waals surface area contributed by atoms with Crippen molar-refractivity contribution in [3.63, 3.8) is 0 Å². The van der Waals surface area contributed by atoms with Gasteiger partial charge in [0.2, 0.25) is 0 Å². The summed E-state index contributed by atoms with van der Waals surface area (Å²) in [4.78, 5) is 3.40. The third-order valence-corrected chi connectivity index (χ3v) is 10.2. The lowest BCUT2D eigenvalue weighted by atomic mass is 10.0. The Morgan fingerprint density at radius 1 is 0.316 bits per heavy atom. The Hall–Kier alpha value is -7.62. The number of hydrogen-bond acceptors (Lipinski definition) is 2. The third kappa shape index (κ3) is 6.52. The van der Waals surface area contributed by atoms with Crippen LogP contribution in [0.5, 0.6) is 0 Å². The lowest BCUT2D eigenvalue weighted by Crippen LogP contribution is -2.09. The van der Waals surface area contributed by atoms with Crippen LogP contribution in [0.25, 0.3) is 49.7 Å². The lowest BCUT2D eigenvalue weighted by Gasteiger charge is -2.25. The Labute approximate surface area is 347 Å². The maximum absolute atomic E-state index is 8.76. The van der Waals surface area contributed by atoms with Crippen LogP contribution < -0.4 is 9.80 Å². The second kappa shape index (κ2) is 14.9. The molecule has 10 aromatic rings. The number of nitrogens with zero attached hydrogens (tertiary/aromatic N) is 3. The zero-order valence-electron chi connectivity index (χ0n) is 40.6. The molecule has 1 aromatic heterocycles. The summed E-state index contributed by atoms with van der Waals surface area (Å²) in [6.07, 6.45) is 0. The summed E-state index contributed by atoms with van der Waals surface area (Å²) in [5.41, 5.74) is 9.71. The minimum absolute atomic E-state index is 0.236. The lowest BCUT2D eigenvalue weighted by molar-refractivity contribution is 1.18. The number of fused-ring (bicyclic) bond motifs is 3. The molecule has 0 unspecified atom stereocenters. The Kier molecular flexibility index (Phi) is 6.46. The summed E-state index contributed by atoms with van der Waals surface area (Å²) < 4.78 is 87.0. The molecule has 1 heterocycles. The van der Waals surface area contributed by atoms with Gasteiger partial charge in [0.05, 0.1) is 24.7 Å². The van der Waals surface area contributed by atoms with Crippen LogP contribution in [0.3, 0.4) is 0 Å². The van der Waals surface area contributed by atoms with Crippen LogP contribution in [0.2, 0.25) is 0 Å². The predicted molar refractivity (Wildman–Crippen MR) is 241 cm³/mol. The highest BCUT2D eigenvalue weighted by Crippen LogP contribution is 2.39. The molecule has 270 valence electrons. The van der Waals surface area contributed by atoms with Crippen molar-refractivity contribution >= 4 is 55.9 Å². The first-order chi connectivity index (χ1) is 32.4. The van der Waals surface area contributed by atoms with Crippen molar-refractivity contribution in [2.24, 2.45) is 0 Å². The molecule has 0 spiro atoms. The van der Waals surface area contributed by atoms with Crippen molar-refractivity contribution in [1.29, 1.82) is 0 Å². The second-order valence-electron chi connectivity index (χ2n) is 13.5. The fraction of sp³-hybridized carbons (Fsp3) is 0. The predicted octanol–water partition coefficient (Wildman–Crippen LogP) is 15.1. The van der Waals surface area contributed by atoms with Crippen LogP contribution in [-0.4, -0.2) is 4.57 Å². The SMILES string of the molecule is [2H]c1c([2H])c([2H])c(N(c2ccc(-c3ccc(-n4c5ccccc5c5cc(-c6ccc(N(c7ccccc7)c7ccccc7)cc6)ccc54)cc3)cc2)c2c([2H])c([2H])c([2H])c([2H])c2[2H])c([2H])c1[2H]. The van der Waals surface area contributed by atoms with Crippen molar-refractivity contribution in [1.82, 2.24) is 4.57 Å². The van der Waals surface area contributed by atoms with Crippen LogP contribution in [0.4, 0.5) is 34.1 Å². The molecule has 0 N–H and O–H groups in total. The van der Waals surface area contributed by atoms with Gasteiger partial charge in [-0.25, -0.2) is 0 Å². The maximum Gasteiger partial charge on any atom is 0.0645 e. The summed E-state index contributed by atoms with van der Waals surface area (Å²) in [7, 11) is 0. The van der Waals surface area contributed by atoms with Gasteiger partial charge in [-0.15, -0.1) is 0 Å². The zero-order chi connectivity index (χ0) is 46.7. The summed E-state index contributed by atoms with van der Waals surface area (Å²) in [6, 6.07) is 53.3. The van der Waals surface area contributed by atoms with Gasteiger partial charge in [-0.05, 0) is 125 Å². The van der Waals surface area contributed by atoms with E-state index in [0.717, 1.165) is 71.7 Å². The Morgan fingerprint density at radius 3 is 1.26 bits per heavy atom. The highest BCUT2D eigenvalue weighted by Gasteiger charge is 2.16. The second-order valence-corrected chi connectivity index (χ2v) is 13.5. The zero-order valence-corrected chi connectivity index (χ0v) is 30.6. The first-order valence-electron chi connectivity index (χ1n) is 23.6. The van der Waals surface area contributed by atoms with Crippen LogP contribution in [0.1, 0.15) is 13.7 Å². The van der Waals surface area contributed by atoms with E-state index < -0.39 is 60.4 Å². The monoisotopic (exact) mass is 739 g/mol. The van der Waals surface area contributed by atoms with Crippen molar-refractivity contribution in [2.45, 2.75) is 0 Å². The molecule has 57 heavy (non-hydrogen) atoms. The van der Waals surface area contributed by atoms with Crippen molar-refractivity contribution < 1.29 is 13.7 Å². The van der Waals surface area contributed by atoms with E-state index in [1.807, 2.05) is 54.6 Å². The standard InChI is InChI=1S/C54H39N3/c1-5-15-44(16-6-1)55(45-17-7-2-8-18-45)48-32-25-40(26-33-48)41-27-36-50(37-28-41)57-53-24-14-13-23-51(53)52-39-43(31-38-54(52)57)42-29-34-49(35-30-42)56(46-19-9-3-10-20-46)47-21-11-4-12-22-47/h1-39H/i1D,2D,5D,6D,7D,8D,15D,16D,17D,18D. The quantitative estimate of drug-likeness (QED) is 0.146. The number of hydrogen-bond donors (Lipinski definition) is 0. The Morgan fingerprint density at radius 2 is 0.719 bits per heavy atom. The van der Waals surface area contributed by atoms with E-state index in [1.165, 1.54) is 0 Å². The normalized spacial score (nSPS) is 13.6. The Bertz CT molecular complexity index is 3340. The van der Waals surface area contributed by atoms with Crippen molar-refractivity contribution in [3.05, 3.63) is 236 Å². The van der Waals surface area contributed by atoms with Gasteiger partial charge in [0, 0.05) is 50.6 Å². The molecule has 0 aliphatic rings. The smallest absolute Gasteiger partial charge is 0.0645 e. The molecule has 0 aliphatic heterocycles. The number of aromatic nitrogens is 1. The minimum Gasteiger partial charge on any atom is -0.311 e. The molecule has 0 atom stereocenters. The van der Waals surface area contributed by atoms with Gasteiger partial charge in [0.15, 0.2) is 0 Å². The molecule has 0 fully saturated rings. The highest BCUT2D eigenvalue weighted by molar-refractivity contribution is 6.10. The van der Waals surface area contributed by atoms with E-state index in [9.17, 15) is 0 Å².